The largest absolute Gasteiger partial charge is 0.361 e. The van der Waals surface area contributed by atoms with Crippen molar-refractivity contribution in [1.29, 1.82) is 0 Å². The fourth-order valence-corrected chi connectivity index (χ4v) is 21.0. The molecule has 5 heterocycles. The number of nitrogens with one attached hydrogen (secondary N) is 6. The van der Waals surface area contributed by atoms with E-state index in [1.54, 1.807) is 23.5 Å². The Morgan fingerprint density at radius 3 is 1.16 bits per heavy atom. The molecule has 7 aromatic rings. The smallest absolute Gasteiger partial charge is 0.251 e. The summed E-state index contributed by atoms with van der Waals surface area (Å²) in [7, 11) is 0. The molecule has 0 bridgehead atoms. The number of amides is 4. The van der Waals surface area contributed by atoms with Crippen molar-refractivity contribution in [1.82, 2.24) is 41.4 Å². The molecule has 0 spiro atoms. The number of thioether (sulfide) groups is 6. The molecule has 2 atom stereocenters. The maximum Gasteiger partial charge on any atom is 0.251 e. The normalized spacial score (nSPS) is 13.7. The third kappa shape index (κ3) is 21.5. The second kappa shape index (κ2) is 39.6. The van der Waals surface area contributed by atoms with E-state index >= 15 is 0 Å². The number of carbonyl (C=O) groups is 4. The van der Waals surface area contributed by atoms with Crippen molar-refractivity contribution in [3.63, 3.8) is 0 Å². The van der Waals surface area contributed by atoms with Crippen LogP contribution in [-0.4, -0.2) is 80.5 Å². The maximum absolute atomic E-state index is 14.3. The summed E-state index contributed by atoms with van der Waals surface area (Å²) in [6.07, 6.45) is 33.5. The van der Waals surface area contributed by atoms with E-state index in [2.05, 4.69) is 58.9 Å². The zero-order valence-electron chi connectivity index (χ0n) is 55.7. The number of para-hydroxylation sites is 2. The lowest BCUT2D eigenvalue weighted by atomic mass is 10.0. The number of fused-ring (bicyclic) bond motifs is 3. The predicted octanol–water partition coefficient (Wildman–Crippen LogP) is 20.5. The Bertz CT molecular complexity index is 3390. The van der Waals surface area contributed by atoms with Crippen LogP contribution in [0, 0.1) is 0 Å². The minimum atomic E-state index is -0.792. The number of hydrogen-bond donors (Lipinski definition) is 6. The number of H-pyrrole nitrogens is 2. The molecule has 3 aromatic heterocycles. The molecule has 4 aromatic carbocycles. The van der Waals surface area contributed by atoms with E-state index in [-0.39, 0.29) is 23.6 Å². The van der Waals surface area contributed by atoms with E-state index in [0.29, 0.717) is 48.4 Å². The van der Waals surface area contributed by atoms with Crippen molar-refractivity contribution >= 4 is 116 Å². The molecular weight excluding hydrogens is 1280 g/mol. The van der Waals surface area contributed by atoms with Crippen LogP contribution in [0.1, 0.15) is 214 Å². The van der Waals surface area contributed by atoms with Crippen molar-refractivity contribution in [2.75, 3.05) is 24.6 Å². The number of aromatic nitrogens is 4. The third-order valence-corrected chi connectivity index (χ3v) is 26.2. The Balaban J connectivity index is 0.918. The van der Waals surface area contributed by atoms with Crippen LogP contribution in [0.2, 0.25) is 0 Å². The maximum atomic E-state index is 14.3. The van der Waals surface area contributed by atoms with Gasteiger partial charge in [0.1, 0.15) is 23.5 Å². The molecule has 9 rings (SSSR count). The van der Waals surface area contributed by atoms with Crippen molar-refractivity contribution in [2.24, 2.45) is 0 Å². The van der Waals surface area contributed by atoms with Crippen LogP contribution in [0.3, 0.4) is 0 Å². The highest BCUT2D eigenvalue weighted by Gasteiger charge is 2.34. The minimum absolute atomic E-state index is 0.193. The van der Waals surface area contributed by atoms with E-state index in [9.17, 15) is 19.2 Å². The fraction of sp³-hybridized carbons (Fsp3) is 0.474. The van der Waals surface area contributed by atoms with Crippen LogP contribution in [0.5, 0.6) is 0 Å². The van der Waals surface area contributed by atoms with Gasteiger partial charge in [-0.05, 0) is 84.7 Å². The summed E-state index contributed by atoms with van der Waals surface area (Å²) in [6.45, 7) is 10.1. The monoisotopic (exact) mass is 1380 g/mol. The van der Waals surface area contributed by atoms with Gasteiger partial charge in [0.05, 0.1) is 26.7 Å². The van der Waals surface area contributed by atoms with E-state index in [0.717, 1.165) is 117 Å². The number of benzene rings is 4. The summed E-state index contributed by atoms with van der Waals surface area (Å²) in [5, 5.41) is 24.6. The van der Waals surface area contributed by atoms with Crippen molar-refractivity contribution in [3.05, 3.63) is 149 Å². The van der Waals surface area contributed by atoms with E-state index < -0.39 is 12.1 Å². The molecule has 0 saturated carbocycles. The Morgan fingerprint density at radius 1 is 0.426 bits per heavy atom. The number of nitrogens with zero attached hydrogens (tertiary/aromatic N) is 2. The second-order valence-electron chi connectivity index (χ2n) is 24.8. The van der Waals surface area contributed by atoms with Crippen molar-refractivity contribution < 1.29 is 19.2 Å². The molecule has 0 fully saturated rings. The third-order valence-electron chi connectivity index (χ3n) is 17.4. The van der Waals surface area contributed by atoms with Crippen molar-refractivity contribution in [2.45, 2.75) is 217 Å². The minimum Gasteiger partial charge on any atom is -0.361 e. The summed E-state index contributed by atoms with van der Waals surface area (Å²) < 4.78 is 5.19. The van der Waals surface area contributed by atoms with Gasteiger partial charge >= 0.3 is 0 Å². The fourth-order valence-electron chi connectivity index (χ4n) is 11.8. The van der Waals surface area contributed by atoms with Crippen LogP contribution >= 0.6 is 70.6 Å². The zero-order chi connectivity index (χ0) is 65.7. The number of aromatic amines is 2. The molecule has 0 saturated heterocycles. The lowest BCUT2D eigenvalue weighted by Crippen LogP contribution is -2.48. The lowest BCUT2D eigenvalue weighted by molar-refractivity contribution is -0.123. The number of hydrogen-bond acceptors (Lipinski definition) is 12. The van der Waals surface area contributed by atoms with Gasteiger partial charge in [-0.1, -0.05) is 264 Å². The topological polar surface area (TPSA) is 174 Å². The first-order valence-electron chi connectivity index (χ1n) is 35.0. The van der Waals surface area contributed by atoms with Crippen LogP contribution in [0.15, 0.2) is 136 Å². The molecule has 18 heteroatoms. The standard InChI is InChI=1S/C76H98N8O4S6/c1-5-9-13-15-17-19-21-23-25-31-45-77-71(87)63(49-57-51-79-61-35-29-27-33-59(57)61)81-69(85)55-41-37-53(38-42-55)65-67-68(92-75(91-67)76-93-73(89-47-11-7-3)74(94-76)90-48-12-8-4)66(84-83-65)54-39-43-56(44-40-54)70(86)82-64(50-58-52-80-62-36-30-28-34-60(58)62)72(88)78-46-32-26-24-22-20-18-16-14-10-6-2/h27-30,33-44,51-52,63-64,79-80H,5-26,31-32,45-50H2,1-4H3,(H,77,87)(H,78,88)(H,81,85)(H,82,86)/t63-,64-/m0/s1. The zero-order valence-corrected chi connectivity index (χ0v) is 60.6. The Kier molecular flexibility index (Phi) is 30.7. The molecule has 6 N–H and O–H groups in total. The van der Waals surface area contributed by atoms with Gasteiger partial charge in [0.2, 0.25) is 11.8 Å². The Labute approximate surface area is 584 Å². The van der Waals surface area contributed by atoms with E-state index in [1.807, 2.05) is 157 Å². The van der Waals surface area contributed by atoms with Gasteiger partial charge in [-0.3, -0.25) is 19.2 Å². The SMILES string of the molecule is CCCCCCCCCCCCNC(=O)[C@H](Cc1c[nH]c2ccccc12)NC(=O)c1ccc(-c2nnc(-c3ccc(C(=O)N[C@@H](Cc4c[nH]c5ccccc45)C(=O)NCCCCCCCCCCCC)cc3)c3c2SC(=C2SC(SCCCC)=C(SCCCC)S2)S3)cc1. The van der Waals surface area contributed by atoms with E-state index in [1.165, 1.54) is 120 Å². The summed E-state index contributed by atoms with van der Waals surface area (Å²) in [4.78, 5) is 65.4. The molecule has 0 aliphatic carbocycles. The first kappa shape index (κ1) is 72.8. The molecule has 4 amide bonds. The Hall–Kier alpha value is -5.50. The van der Waals surface area contributed by atoms with Crippen molar-refractivity contribution in [3.8, 4) is 22.5 Å². The molecule has 12 nitrogen and oxygen atoms in total. The van der Waals surface area contributed by atoms with Crippen LogP contribution < -0.4 is 21.3 Å². The van der Waals surface area contributed by atoms with Crippen LogP contribution in [0.4, 0.5) is 0 Å². The Morgan fingerprint density at radius 2 is 0.777 bits per heavy atom. The van der Waals surface area contributed by atoms with Gasteiger partial charge in [-0.25, -0.2) is 0 Å². The van der Waals surface area contributed by atoms with Gasteiger partial charge < -0.3 is 31.2 Å². The summed E-state index contributed by atoms with van der Waals surface area (Å²) in [5.74, 6) is 1.12. The molecule has 94 heavy (non-hydrogen) atoms. The average molecular weight is 1380 g/mol. The first-order chi connectivity index (χ1) is 46.2. The first-order valence-corrected chi connectivity index (χ1v) is 40.2. The van der Waals surface area contributed by atoms with Gasteiger partial charge in [0, 0.05) is 82.4 Å². The highest BCUT2D eigenvalue weighted by atomic mass is 32.3. The number of carbonyl (C=O) groups excluding carboxylic acids is 4. The van der Waals surface area contributed by atoms with Gasteiger partial charge in [0.25, 0.3) is 11.8 Å². The summed E-state index contributed by atoms with van der Waals surface area (Å²) in [6, 6.07) is 29.5. The predicted molar refractivity (Wildman–Crippen MR) is 405 cm³/mol. The number of rotatable bonds is 42. The molecular formula is C76H98N8O4S6. The lowest BCUT2D eigenvalue weighted by Gasteiger charge is -2.19. The van der Waals surface area contributed by atoms with Gasteiger partial charge in [-0.15, -0.1) is 33.7 Å². The highest BCUT2D eigenvalue weighted by molar-refractivity contribution is 8.42. The molecule has 502 valence electrons. The molecule has 0 unspecified atom stereocenters. The van der Waals surface area contributed by atoms with E-state index in [4.69, 9.17) is 10.2 Å². The van der Waals surface area contributed by atoms with Gasteiger partial charge in [-0.2, -0.15) is 0 Å². The second-order valence-corrected chi connectivity index (χ2v) is 32.1. The quantitative estimate of drug-likeness (QED) is 0.0200. The van der Waals surface area contributed by atoms with Crippen LogP contribution in [-0.2, 0) is 22.4 Å². The van der Waals surface area contributed by atoms with Gasteiger partial charge in [0.15, 0.2) is 0 Å². The molecule has 2 aliphatic heterocycles. The molecule has 2 aliphatic rings. The summed E-state index contributed by atoms with van der Waals surface area (Å²) >= 11 is 11.1. The summed E-state index contributed by atoms with van der Waals surface area (Å²) in [5.41, 5.74) is 7.82. The average Bonchev–Trinajstić information content (AvgIpc) is 1.55. The van der Waals surface area contributed by atoms with Crippen LogP contribution in [0.25, 0.3) is 44.3 Å². The molecule has 0 radical (unpaired) electrons. The number of unbranched alkanes of at least 4 members (excludes halogenated alkanes) is 20. The highest BCUT2D eigenvalue weighted by Crippen LogP contribution is 2.66.